The average Bonchev–Trinajstić information content (AvgIpc) is 3.14. The van der Waals surface area contributed by atoms with Crippen molar-refractivity contribution in [2.45, 2.75) is 32.1 Å². The molecule has 1 aliphatic rings. The van der Waals surface area contributed by atoms with Gasteiger partial charge < -0.3 is 15.1 Å². The van der Waals surface area contributed by atoms with Gasteiger partial charge in [0.15, 0.2) is 0 Å². The first-order valence-corrected chi connectivity index (χ1v) is 10.9. The topological polar surface area (TPSA) is 69.7 Å². The average molecular weight is 414 g/mol. The highest BCUT2D eigenvalue weighted by molar-refractivity contribution is 7.12. The molecular weight excluding hydrogens is 386 g/mol. The van der Waals surface area contributed by atoms with Crippen molar-refractivity contribution in [2.75, 3.05) is 31.6 Å². The van der Waals surface area contributed by atoms with E-state index in [1.165, 1.54) is 29.1 Å². The van der Waals surface area contributed by atoms with E-state index in [4.69, 9.17) is 0 Å². The van der Waals surface area contributed by atoms with Crippen molar-refractivity contribution >= 4 is 34.7 Å². The summed E-state index contributed by atoms with van der Waals surface area (Å²) < 4.78 is 0. The van der Waals surface area contributed by atoms with Crippen LogP contribution in [0.2, 0.25) is 0 Å². The minimum absolute atomic E-state index is 0.0884. The van der Waals surface area contributed by atoms with Gasteiger partial charge in [0, 0.05) is 33.1 Å². The number of nitrogens with one attached hydrogen (secondary N) is 1. The van der Waals surface area contributed by atoms with E-state index in [2.05, 4.69) is 5.32 Å². The minimum Gasteiger partial charge on any atom is -0.351 e. The summed E-state index contributed by atoms with van der Waals surface area (Å²) in [5, 5.41) is 4.68. The maximum atomic E-state index is 12.7. The van der Waals surface area contributed by atoms with Gasteiger partial charge in [0.05, 0.1) is 16.1 Å². The molecule has 1 aliphatic heterocycles. The Morgan fingerprint density at radius 3 is 2.45 bits per heavy atom. The third kappa shape index (κ3) is 5.44. The van der Waals surface area contributed by atoms with E-state index < -0.39 is 0 Å². The summed E-state index contributed by atoms with van der Waals surface area (Å²) in [5.74, 6) is -0.350. The van der Waals surface area contributed by atoms with Gasteiger partial charge in [-0.3, -0.25) is 14.4 Å². The lowest BCUT2D eigenvalue weighted by atomic mass is 10.1. The molecule has 2 heterocycles. The summed E-state index contributed by atoms with van der Waals surface area (Å²) in [7, 11) is 1.66. The first kappa shape index (κ1) is 21.0. The Balaban J connectivity index is 1.59. The van der Waals surface area contributed by atoms with Gasteiger partial charge in [0.25, 0.3) is 11.8 Å². The van der Waals surface area contributed by atoms with Crippen LogP contribution in [0.25, 0.3) is 0 Å². The normalized spacial score (nSPS) is 14.2. The van der Waals surface area contributed by atoms with Crippen LogP contribution in [0.4, 0.5) is 5.69 Å². The predicted molar refractivity (Wildman–Crippen MR) is 115 cm³/mol. The van der Waals surface area contributed by atoms with E-state index in [9.17, 15) is 14.4 Å². The number of carbonyl (C=O) groups excluding carboxylic acids is 3. The minimum atomic E-state index is -0.282. The number of amides is 3. The zero-order chi connectivity index (χ0) is 20.6. The molecule has 1 aromatic carbocycles. The van der Waals surface area contributed by atoms with Crippen LogP contribution >= 0.6 is 11.3 Å². The van der Waals surface area contributed by atoms with Crippen LogP contribution in [0, 0.1) is 0 Å². The van der Waals surface area contributed by atoms with E-state index in [-0.39, 0.29) is 30.7 Å². The lowest BCUT2D eigenvalue weighted by Gasteiger charge is -2.21. The Hall–Kier alpha value is -2.67. The number of hydrogen-bond donors (Lipinski definition) is 1. The second kappa shape index (κ2) is 10.2. The molecule has 0 spiro atoms. The molecule has 0 bridgehead atoms. The molecule has 3 rings (SSSR count). The Labute approximate surface area is 175 Å². The fraction of sp³-hybridized carbons (Fsp3) is 0.409. The van der Waals surface area contributed by atoms with Crippen molar-refractivity contribution in [3.8, 4) is 0 Å². The molecule has 0 saturated carbocycles. The molecule has 0 radical (unpaired) electrons. The third-order valence-electron chi connectivity index (χ3n) is 5.13. The molecule has 7 heteroatoms. The highest BCUT2D eigenvalue weighted by Crippen LogP contribution is 2.22. The summed E-state index contributed by atoms with van der Waals surface area (Å²) >= 11 is 1.37. The molecule has 1 saturated heterocycles. The molecule has 3 amide bonds. The van der Waals surface area contributed by atoms with Gasteiger partial charge >= 0.3 is 0 Å². The van der Waals surface area contributed by atoms with Gasteiger partial charge in [-0.1, -0.05) is 31.0 Å². The van der Waals surface area contributed by atoms with Gasteiger partial charge in [0.1, 0.15) is 0 Å². The molecule has 0 unspecified atom stereocenters. The Morgan fingerprint density at radius 1 is 1.03 bits per heavy atom. The van der Waals surface area contributed by atoms with Crippen LogP contribution in [0.5, 0.6) is 0 Å². The Kier molecular flexibility index (Phi) is 7.41. The predicted octanol–water partition coefficient (Wildman–Crippen LogP) is 3.55. The number of likely N-dealkylation sites (tertiary alicyclic amines) is 1. The van der Waals surface area contributed by atoms with E-state index >= 15 is 0 Å². The number of hydrogen-bond acceptors (Lipinski definition) is 4. The monoisotopic (exact) mass is 413 g/mol. The van der Waals surface area contributed by atoms with Crippen molar-refractivity contribution in [3.63, 3.8) is 0 Å². The van der Waals surface area contributed by atoms with Crippen molar-refractivity contribution < 1.29 is 14.4 Å². The largest absolute Gasteiger partial charge is 0.351 e. The number of rotatable bonds is 6. The lowest BCUT2D eigenvalue weighted by Crippen LogP contribution is -2.35. The number of anilines is 1. The van der Waals surface area contributed by atoms with E-state index in [0.717, 1.165) is 25.9 Å². The summed E-state index contributed by atoms with van der Waals surface area (Å²) in [4.78, 5) is 41.8. The Morgan fingerprint density at radius 2 is 1.76 bits per heavy atom. The van der Waals surface area contributed by atoms with E-state index in [1.54, 1.807) is 37.4 Å². The molecule has 0 atom stereocenters. The van der Waals surface area contributed by atoms with Gasteiger partial charge in [-0.15, -0.1) is 11.3 Å². The number of para-hydroxylation sites is 1. The van der Waals surface area contributed by atoms with Crippen molar-refractivity contribution in [1.82, 2.24) is 10.2 Å². The molecule has 1 aromatic heterocycles. The van der Waals surface area contributed by atoms with Crippen LogP contribution in [0.15, 0.2) is 41.8 Å². The fourth-order valence-corrected chi connectivity index (χ4v) is 4.19. The standard InChI is InChI=1S/C22H27N3O3S/c1-24(22(28)19-11-8-16-29-19)18-10-5-4-9-17(18)21(27)23-13-12-20(26)25-14-6-2-3-7-15-25/h4-5,8-11,16H,2-3,6-7,12-15H2,1H3,(H,23,27). The van der Waals surface area contributed by atoms with Gasteiger partial charge in [-0.05, 0) is 36.4 Å². The molecule has 2 aromatic rings. The molecule has 1 N–H and O–H groups in total. The molecule has 0 aliphatic carbocycles. The van der Waals surface area contributed by atoms with Crippen LogP contribution < -0.4 is 10.2 Å². The quantitative estimate of drug-likeness (QED) is 0.787. The van der Waals surface area contributed by atoms with Gasteiger partial charge in [0.2, 0.25) is 5.91 Å². The molecule has 29 heavy (non-hydrogen) atoms. The van der Waals surface area contributed by atoms with Gasteiger partial charge in [-0.25, -0.2) is 0 Å². The van der Waals surface area contributed by atoms with Gasteiger partial charge in [-0.2, -0.15) is 0 Å². The number of benzene rings is 1. The van der Waals surface area contributed by atoms with E-state index in [0.29, 0.717) is 16.1 Å². The first-order chi connectivity index (χ1) is 14.1. The van der Waals surface area contributed by atoms with Crippen molar-refractivity contribution in [1.29, 1.82) is 0 Å². The second-order valence-corrected chi connectivity index (χ2v) is 8.11. The summed E-state index contributed by atoms with van der Waals surface area (Å²) in [6.45, 7) is 1.90. The maximum absolute atomic E-state index is 12.7. The van der Waals surface area contributed by atoms with Crippen LogP contribution in [-0.2, 0) is 4.79 Å². The second-order valence-electron chi connectivity index (χ2n) is 7.16. The number of carbonyl (C=O) groups is 3. The van der Waals surface area contributed by atoms with Crippen molar-refractivity contribution in [2.24, 2.45) is 0 Å². The number of nitrogens with zero attached hydrogens (tertiary/aromatic N) is 2. The zero-order valence-electron chi connectivity index (χ0n) is 16.7. The lowest BCUT2D eigenvalue weighted by molar-refractivity contribution is -0.131. The number of thiophene rings is 1. The summed E-state index contributed by atoms with van der Waals surface area (Å²) in [6.07, 6.45) is 4.74. The highest BCUT2D eigenvalue weighted by atomic mass is 32.1. The van der Waals surface area contributed by atoms with Crippen LogP contribution in [-0.4, -0.2) is 49.3 Å². The van der Waals surface area contributed by atoms with E-state index in [1.807, 2.05) is 16.3 Å². The Bertz CT molecular complexity index is 843. The first-order valence-electron chi connectivity index (χ1n) is 10.0. The summed E-state index contributed by atoms with van der Waals surface area (Å²) in [5.41, 5.74) is 0.962. The zero-order valence-corrected chi connectivity index (χ0v) is 17.5. The fourth-order valence-electron chi connectivity index (χ4n) is 3.49. The smallest absolute Gasteiger partial charge is 0.268 e. The van der Waals surface area contributed by atoms with Crippen molar-refractivity contribution in [3.05, 3.63) is 52.2 Å². The molecular formula is C22H27N3O3S. The van der Waals surface area contributed by atoms with Crippen LogP contribution in [0.3, 0.4) is 0 Å². The highest BCUT2D eigenvalue weighted by Gasteiger charge is 2.21. The summed E-state index contributed by atoms with van der Waals surface area (Å²) in [6, 6.07) is 10.6. The third-order valence-corrected chi connectivity index (χ3v) is 5.99. The molecule has 1 fully saturated rings. The maximum Gasteiger partial charge on any atom is 0.268 e. The van der Waals surface area contributed by atoms with Crippen LogP contribution in [0.1, 0.15) is 52.1 Å². The molecule has 6 nitrogen and oxygen atoms in total. The molecule has 154 valence electrons. The SMILES string of the molecule is CN(C(=O)c1cccs1)c1ccccc1C(=O)NCCC(=O)N1CCCCCC1.